The van der Waals surface area contributed by atoms with E-state index in [0.29, 0.717) is 23.5 Å². The predicted molar refractivity (Wildman–Crippen MR) is 127 cm³/mol. The Labute approximate surface area is 194 Å². The summed E-state index contributed by atoms with van der Waals surface area (Å²) >= 11 is 0. The molecule has 1 amide bonds. The molecule has 0 atom stereocenters. The van der Waals surface area contributed by atoms with Crippen molar-refractivity contribution in [3.8, 4) is 11.5 Å². The zero-order valence-corrected chi connectivity index (χ0v) is 19.5. The Morgan fingerprint density at radius 2 is 1.55 bits per heavy atom. The number of rotatable bonds is 11. The third kappa shape index (κ3) is 7.06. The zero-order valence-electron chi connectivity index (χ0n) is 18.7. The molecule has 0 fully saturated rings. The summed E-state index contributed by atoms with van der Waals surface area (Å²) in [6, 6.07) is 21.5. The number of aryl methyl sites for hydroxylation is 2. The second-order valence-corrected chi connectivity index (χ2v) is 9.16. The van der Waals surface area contributed by atoms with Crippen molar-refractivity contribution in [1.29, 1.82) is 0 Å². The van der Waals surface area contributed by atoms with Crippen molar-refractivity contribution in [2.45, 2.75) is 18.7 Å². The molecule has 2 N–H and O–H groups in total. The number of hydrogen-bond donors (Lipinski definition) is 2. The normalized spacial score (nSPS) is 11.1. The number of para-hydroxylation sites is 2. The molecule has 3 aromatic rings. The first-order chi connectivity index (χ1) is 15.9. The number of nitrogens with one attached hydrogen (secondary N) is 2. The molecule has 0 heterocycles. The molecule has 174 valence electrons. The Kier molecular flexibility index (Phi) is 8.46. The molecule has 0 spiro atoms. The average molecular weight is 469 g/mol. The van der Waals surface area contributed by atoms with Gasteiger partial charge in [-0.25, -0.2) is 13.1 Å². The number of benzene rings is 3. The summed E-state index contributed by atoms with van der Waals surface area (Å²) in [4.78, 5) is 12.9. The lowest BCUT2D eigenvalue weighted by molar-refractivity contribution is 0.0949. The summed E-state index contributed by atoms with van der Waals surface area (Å²) in [5.41, 5.74) is 1.90. The third-order valence-corrected chi connectivity index (χ3v) is 6.42. The van der Waals surface area contributed by atoms with Crippen LogP contribution in [0.15, 0.2) is 77.7 Å². The van der Waals surface area contributed by atoms with Crippen LogP contribution in [-0.2, 0) is 10.0 Å². The van der Waals surface area contributed by atoms with Gasteiger partial charge in [0.15, 0.2) is 0 Å². The summed E-state index contributed by atoms with van der Waals surface area (Å²) in [6.07, 6.45) is 0. The molecule has 0 aliphatic rings. The van der Waals surface area contributed by atoms with Gasteiger partial charge >= 0.3 is 0 Å². The van der Waals surface area contributed by atoms with Crippen LogP contribution in [0.3, 0.4) is 0 Å². The van der Waals surface area contributed by atoms with Crippen LogP contribution in [0.2, 0.25) is 0 Å². The van der Waals surface area contributed by atoms with Gasteiger partial charge in [-0.3, -0.25) is 4.79 Å². The van der Waals surface area contributed by atoms with Crippen LogP contribution in [0.1, 0.15) is 21.5 Å². The zero-order chi connectivity index (χ0) is 23.7. The Bertz CT molecular complexity index is 1180. The van der Waals surface area contributed by atoms with Gasteiger partial charge in [-0.2, -0.15) is 0 Å². The summed E-state index contributed by atoms with van der Waals surface area (Å²) < 4.78 is 39.0. The highest BCUT2D eigenvalue weighted by Crippen LogP contribution is 2.18. The van der Waals surface area contributed by atoms with E-state index in [9.17, 15) is 13.2 Å². The second-order valence-electron chi connectivity index (χ2n) is 7.43. The van der Waals surface area contributed by atoms with Crippen molar-refractivity contribution < 1.29 is 22.7 Å². The molecule has 3 aromatic carbocycles. The van der Waals surface area contributed by atoms with Gasteiger partial charge < -0.3 is 14.8 Å². The standard InChI is InChI=1S/C25H28N2O5S/c1-19-12-13-20(2)24(18-19)33(29,30)27-15-14-26-25(28)22-10-6-7-11-23(22)32-17-16-31-21-8-4-3-5-9-21/h3-13,18,27H,14-17H2,1-2H3,(H,26,28). The fraction of sp³-hybridized carbons (Fsp3) is 0.240. The van der Waals surface area contributed by atoms with E-state index in [0.717, 1.165) is 11.3 Å². The number of amides is 1. The summed E-state index contributed by atoms with van der Waals surface area (Å²) in [5.74, 6) is 0.832. The van der Waals surface area contributed by atoms with Crippen LogP contribution in [0.25, 0.3) is 0 Å². The molecule has 0 radical (unpaired) electrons. The van der Waals surface area contributed by atoms with Gasteiger partial charge in [-0.15, -0.1) is 0 Å². The van der Waals surface area contributed by atoms with Gasteiger partial charge in [-0.05, 0) is 55.3 Å². The molecule has 0 saturated heterocycles. The van der Waals surface area contributed by atoms with Crippen molar-refractivity contribution >= 4 is 15.9 Å². The second kappa shape index (κ2) is 11.5. The Balaban J connectivity index is 1.49. The van der Waals surface area contributed by atoms with Gasteiger partial charge in [0.05, 0.1) is 10.5 Å². The number of hydrogen-bond acceptors (Lipinski definition) is 5. The minimum atomic E-state index is -3.66. The lowest BCUT2D eigenvalue weighted by Crippen LogP contribution is -2.35. The van der Waals surface area contributed by atoms with E-state index in [-0.39, 0.29) is 30.5 Å². The first-order valence-corrected chi connectivity index (χ1v) is 12.1. The molecule has 0 aromatic heterocycles. The lowest BCUT2D eigenvalue weighted by Gasteiger charge is -2.13. The van der Waals surface area contributed by atoms with Crippen LogP contribution < -0.4 is 19.5 Å². The molecule has 3 rings (SSSR count). The molecule has 0 aliphatic carbocycles. The van der Waals surface area contributed by atoms with E-state index in [1.54, 1.807) is 43.3 Å². The molecule has 0 unspecified atom stereocenters. The average Bonchev–Trinajstić information content (AvgIpc) is 2.82. The summed E-state index contributed by atoms with van der Waals surface area (Å²) in [5, 5.41) is 2.73. The summed E-state index contributed by atoms with van der Waals surface area (Å²) in [6.45, 7) is 4.39. The number of ether oxygens (including phenoxy) is 2. The molecule has 33 heavy (non-hydrogen) atoms. The molecule has 0 saturated carbocycles. The molecular weight excluding hydrogens is 440 g/mol. The Morgan fingerprint density at radius 3 is 2.33 bits per heavy atom. The van der Waals surface area contributed by atoms with Crippen molar-refractivity contribution in [1.82, 2.24) is 10.0 Å². The molecular formula is C25H28N2O5S. The maximum absolute atomic E-state index is 12.6. The van der Waals surface area contributed by atoms with E-state index in [4.69, 9.17) is 9.47 Å². The minimum Gasteiger partial charge on any atom is -0.490 e. The highest BCUT2D eigenvalue weighted by Gasteiger charge is 2.17. The van der Waals surface area contributed by atoms with Crippen LogP contribution in [0.5, 0.6) is 11.5 Å². The number of carbonyl (C=O) groups excluding carboxylic acids is 1. The van der Waals surface area contributed by atoms with Crippen LogP contribution >= 0.6 is 0 Å². The smallest absolute Gasteiger partial charge is 0.255 e. The first-order valence-electron chi connectivity index (χ1n) is 10.6. The van der Waals surface area contributed by atoms with Crippen molar-refractivity contribution in [3.63, 3.8) is 0 Å². The van der Waals surface area contributed by atoms with Crippen molar-refractivity contribution in [2.24, 2.45) is 0 Å². The lowest BCUT2D eigenvalue weighted by atomic mass is 10.2. The van der Waals surface area contributed by atoms with Crippen molar-refractivity contribution in [2.75, 3.05) is 26.3 Å². The highest BCUT2D eigenvalue weighted by atomic mass is 32.2. The Morgan fingerprint density at radius 1 is 0.848 bits per heavy atom. The molecule has 8 heteroatoms. The van der Waals surface area contributed by atoms with Gasteiger partial charge in [0.1, 0.15) is 24.7 Å². The van der Waals surface area contributed by atoms with E-state index >= 15 is 0 Å². The fourth-order valence-electron chi connectivity index (χ4n) is 3.14. The summed E-state index contributed by atoms with van der Waals surface area (Å²) in [7, 11) is -3.66. The quantitative estimate of drug-likeness (QED) is 0.420. The van der Waals surface area contributed by atoms with Gasteiger partial charge in [-0.1, -0.05) is 42.5 Å². The van der Waals surface area contributed by atoms with E-state index in [2.05, 4.69) is 10.0 Å². The molecule has 0 bridgehead atoms. The SMILES string of the molecule is Cc1ccc(C)c(S(=O)(=O)NCCNC(=O)c2ccccc2OCCOc2ccccc2)c1. The third-order valence-electron chi connectivity index (χ3n) is 4.82. The Hall–Kier alpha value is -3.36. The fourth-order valence-corrected chi connectivity index (χ4v) is 4.50. The van der Waals surface area contributed by atoms with Gasteiger partial charge in [0.25, 0.3) is 5.91 Å². The van der Waals surface area contributed by atoms with E-state index in [1.807, 2.05) is 43.3 Å². The van der Waals surface area contributed by atoms with E-state index < -0.39 is 10.0 Å². The maximum Gasteiger partial charge on any atom is 0.255 e. The largest absolute Gasteiger partial charge is 0.490 e. The van der Waals surface area contributed by atoms with Gasteiger partial charge in [0.2, 0.25) is 10.0 Å². The predicted octanol–water partition coefficient (Wildman–Crippen LogP) is 3.47. The highest BCUT2D eigenvalue weighted by molar-refractivity contribution is 7.89. The van der Waals surface area contributed by atoms with E-state index in [1.165, 1.54) is 0 Å². The van der Waals surface area contributed by atoms with Crippen LogP contribution in [0.4, 0.5) is 0 Å². The van der Waals surface area contributed by atoms with Crippen molar-refractivity contribution in [3.05, 3.63) is 89.5 Å². The number of sulfonamides is 1. The minimum absolute atomic E-state index is 0.0649. The topological polar surface area (TPSA) is 93.7 Å². The first kappa shape index (κ1) is 24.3. The molecule has 0 aliphatic heterocycles. The maximum atomic E-state index is 12.6. The number of carbonyl (C=O) groups is 1. The monoisotopic (exact) mass is 468 g/mol. The van der Waals surface area contributed by atoms with Crippen LogP contribution in [-0.4, -0.2) is 40.6 Å². The van der Waals surface area contributed by atoms with Gasteiger partial charge in [0, 0.05) is 13.1 Å². The molecule has 7 nitrogen and oxygen atoms in total. The van der Waals surface area contributed by atoms with Crippen LogP contribution in [0, 0.1) is 13.8 Å².